The third-order valence-corrected chi connectivity index (χ3v) is 7.98. The van der Waals surface area contributed by atoms with Gasteiger partial charge in [-0.25, -0.2) is 18.4 Å². The second-order valence-electron chi connectivity index (χ2n) is 10.6. The third kappa shape index (κ3) is 8.96. The molecule has 10 nitrogen and oxygen atoms in total. The molecule has 0 aliphatic carbocycles. The molecule has 41 heavy (non-hydrogen) atoms. The maximum Gasteiger partial charge on any atom is 0.251 e. The summed E-state index contributed by atoms with van der Waals surface area (Å²) in [4.78, 5) is 29.0. The number of ether oxygens (including phenoxy) is 1. The van der Waals surface area contributed by atoms with Crippen molar-refractivity contribution >= 4 is 27.4 Å². The van der Waals surface area contributed by atoms with Gasteiger partial charge in [-0.15, -0.1) is 0 Å². The number of nitrogens with one attached hydrogen (secondary N) is 2. The molecule has 0 radical (unpaired) electrons. The number of amides is 1. The molecule has 3 heterocycles. The monoisotopic (exact) mass is 580 g/mol. The number of hydrogen-bond donors (Lipinski definition) is 2. The first kappa shape index (κ1) is 30.4. The summed E-state index contributed by atoms with van der Waals surface area (Å²) in [5, 5.41) is 6.41. The van der Waals surface area contributed by atoms with Crippen molar-refractivity contribution in [2.24, 2.45) is 0 Å². The van der Waals surface area contributed by atoms with Crippen LogP contribution in [0.3, 0.4) is 0 Å². The number of carbonyl (C=O) groups is 1. The first-order valence-corrected chi connectivity index (χ1v) is 16.2. The van der Waals surface area contributed by atoms with E-state index >= 15 is 0 Å². The van der Waals surface area contributed by atoms with Crippen LogP contribution in [0, 0.1) is 0 Å². The van der Waals surface area contributed by atoms with Gasteiger partial charge in [-0.2, -0.15) is 0 Å². The van der Waals surface area contributed by atoms with Gasteiger partial charge < -0.3 is 15.4 Å². The number of anilines is 2. The van der Waals surface area contributed by atoms with E-state index in [9.17, 15) is 13.2 Å². The molecule has 1 aromatic carbocycles. The van der Waals surface area contributed by atoms with Crippen LogP contribution in [0.1, 0.15) is 67.3 Å². The average Bonchev–Trinajstić information content (AvgIpc) is 3.35. The zero-order valence-corrected chi connectivity index (χ0v) is 25.1. The van der Waals surface area contributed by atoms with E-state index in [1.54, 1.807) is 18.3 Å². The molecule has 3 aromatic rings. The highest BCUT2D eigenvalue weighted by Gasteiger charge is 2.28. The van der Waals surface area contributed by atoms with Crippen molar-refractivity contribution in [3.8, 4) is 5.75 Å². The van der Waals surface area contributed by atoms with Gasteiger partial charge in [0.2, 0.25) is 5.95 Å². The summed E-state index contributed by atoms with van der Waals surface area (Å²) in [5.41, 5.74) is 4.08. The Hall–Kier alpha value is -3.57. The largest absolute Gasteiger partial charge is 0.494 e. The fourth-order valence-electron chi connectivity index (χ4n) is 5.06. The Morgan fingerprint density at radius 1 is 1.15 bits per heavy atom. The molecule has 2 N–H and O–H groups in total. The fraction of sp³-hybridized carbons (Fsp3) is 0.467. The van der Waals surface area contributed by atoms with Crippen LogP contribution in [0.25, 0.3) is 0 Å². The maximum atomic E-state index is 13.0. The molecular formula is C30H40N6O4S. The van der Waals surface area contributed by atoms with Gasteiger partial charge in [0.05, 0.1) is 18.1 Å². The van der Waals surface area contributed by atoms with E-state index in [0.29, 0.717) is 23.8 Å². The lowest BCUT2D eigenvalue weighted by atomic mass is 10.0. The lowest BCUT2D eigenvalue weighted by Gasteiger charge is -2.30. The summed E-state index contributed by atoms with van der Waals surface area (Å²) in [7, 11) is -3.10. The van der Waals surface area contributed by atoms with Gasteiger partial charge in [-0.3, -0.25) is 14.7 Å². The van der Waals surface area contributed by atoms with E-state index in [1.807, 2.05) is 44.3 Å². The van der Waals surface area contributed by atoms with E-state index < -0.39 is 9.84 Å². The van der Waals surface area contributed by atoms with Gasteiger partial charge in [0.25, 0.3) is 5.91 Å². The normalized spacial score (nSPS) is 14.7. The Balaban J connectivity index is 1.35. The molecule has 4 rings (SSSR count). The molecule has 11 heteroatoms. The van der Waals surface area contributed by atoms with Crippen LogP contribution >= 0.6 is 0 Å². The van der Waals surface area contributed by atoms with E-state index in [4.69, 9.17) is 9.72 Å². The maximum absolute atomic E-state index is 13.0. The number of sulfone groups is 1. The predicted octanol–water partition coefficient (Wildman–Crippen LogP) is 4.29. The minimum absolute atomic E-state index is 0.00142. The van der Waals surface area contributed by atoms with Crippen LogP contribution in [-0.4, -0.2) is 64.9 Å². The summed E-state index contributed by atoms with van der Waals surface area (Å²) in [6.45, 7) is 8.26. The summed E-state index contributed by atoms with van der Waals surface area (Å²) in [6.07, 6.45) is 7.76. The van der Waals surface area contributed by atoms with Crippen molar-refractivity contribution in [3.63, 3.8) is 0 Å². The van der Waals surface area contributed by atoms with Gasteiger partial charge in [-0.05, 0) is 51.0 Å². The highest BCUT2D eigenvalue weighted by Crippen LogP contribution is 2.28. The number of fused-ring (bicyclic) bond motifs is 1. The molecule has 0 saturated carbocycles. The Bertz CT molecular complexity index is 1450. The first-order valence-electron chi connectivity index (χ1n) is 14.2. The van der Waals surface area contributed by atoms with Crippen molar-refractivity contribution in [2.75, 3.05) is 23.9 Å². The Kier molecular flexibility index (Phi) is 10.3. The van der Waals surface area contributed by atoms with Crippen molar-refractivity contribution in [2.45, 2.75) is 71.6 Å². The van der Waals surface area contributed by atoms with Crippen LogP contribution < -0.4 is 15.4 Å². The standard InChI is InChI=1S/C30H40N6O4S/c1-5-8-26(15-21(3)33-29(37)22-11-13-31-24(16-22)12-14-41(4,38)39)36-19-23-18-32-30(35-28(23)20-36)34-25-9-7-10-27(17-25)40-6-2/h7,9-11,13,16-18,21,26H,5-6,8,12,14-15,19-20H2,1-4H3,(H,33,37)(H,32,34,35)/t21-,26-/m1/s1. The number of benzene rings is 1. The van der Waals surface area contributed by atoms with Crippen LogP contribution in [0.15, 0.2) is 48.8 Å². The SMILES string of the molecule is CCC[C@H](C[C@@H](C)NC(=O)c1ccnc(CCS(C)(=O)=O)c1)N1Cc2cnc(Nc3cccc(OCC)c3)nc2C1. The quantitative estimate of drug-likeness (QED) is 0.287. The Morgan fingerprint density at radius 2 is 1.98 bits per heavy atom. The van der Waals surface area contributed by atoms with E-state index in [1.165, 1.54) is 6.26 Å². The molecule has 0 fully saturated rings. The summed E-state index contributed by atoms with van der Waals surface area (Å²) >= 11 is 0. The molecule has 0 unspecified atom stereocenters. The zero-order valence-electron chi connectivity index (χ0n) is 24.3. The van der Waals surface area contributed by atoms with Crippen molar-refractivity contribution < 1.29 is 17.9 Å². The average molecular weight is 581 g/mol. The number of aromatic nitrogens is 3. The molecule has 1 aliphatic rings. The van der Waals surface area contributed by atoms with Crippen LogP contribution in [0.2, 0.25) is 0 Å². The second-order valence-corrected chi connectivity index (χ2v) is 12.9. The molecule has 1 amide bonds. The minimum atomic E-state index is -3.10. The Morgan fingerprint density at radius 3 is 2.73 bits per heavy atom. The minimum Gasteiger partial charge on any atom is -0.494 e. The van der Waals surface area contributed by atoms with Crippen LogP contribution in [0.4, 0.5) is 11.6 Å². The second kappa shape index (κ2) is 13.9. The summed E-state index contributed by atoms with van der Waals surface area (Å²) in [6, 6.07) is 11.3. The van der Waals surface area contributed by atoms with Gasteiger partial charge in [0.15, 0.2) is 0 Å². The fourth-order valence-corrected chi connectivity index (χ4v) is 5.64. The number of carbonyl (C=O) groups excluding carboxylic acids is 1. The molecule has 0 bridgehead atoms. The van der Waals surface area contributed by atoms with Gasteiger partial charge in [-0.1, -0.05) is 19.4 Å². The number of aryl methyl sites for hydroxylation is 1. The van der Waals surface area contributed by atoms with Crippen molar-refractivity contribution in [1.82, 2.24) is 25.2 Å². The lowest BCUT2D eigenvalue weighted by Crippen LogP contribution is -2.40. The summed E-state index contributed by atoms with van der Waals surface area (Å²) in [5.74, 6) is 1.17. The summed E-state index contributed by atoms with van der Waals surface area (Å²) < 4.78 is 28.6. The first-order chi connectivity index (χ1) is 19.6. The number of rotatable bonds is 14. The smallest absolute Gasteiger partial charge is 0.251 e. The molecular weight excluding hydrogens is 540 g/mol. The molecule has 1 aliphatic heterocycles. The zero-order chi connectivity index (χ0) is 29.4. The molecule has 0 spiro atoms. The van der Waals surface area contributed by atoms with E-state index in [-0.39, 0.29) is 30.2 Å². The Labute approximate surface area is 242 Å². The molecule has 220 valence electrons. The predicted molar refractivity (Wildman–Crippen MR) is 160 cm³/mol. The number of nitrogens with zero attached hydrogens (tertiary/aromatic N) is 4. The van der Waals surface area contributed by atoms with E-state index in [2.05, 4.69) is 32.4 Å². The highest BCUT2D eigenvalue weighted by molar-refractivity contribution is 7.90. The van der Waals surface area contributed by atoms with E-state index in [0.717, 1.165) is 55.0 Å². The van der Waals surface area contributed by atoms with Crippen LogP contribution in [0.5, 0.6) is 5.75 Å². The topological polar surface area (TPSA) is 126 Å². The number of hydrogen-bond acceptors (Lipinski definition) is 9. The van der Waals surface area contributed by atoms with Crippen molar-refractivity contribution in [3.05, 3.63) is 71.3 Å². The third-order valence-electron chi connectivity index (χ3n) is 7.03. The van der Waals surface area contributed by atoms with Gasteiger partial charge >= 0.3 is 0 Å². The molecule has 0 saturated heterocycles. The number of pyridine rings is 1. The highest BCUT2D eigenvalue weighted by atomic mass is 32.2. The van der Waals surface area contributed by atoms with Crippen LogP contribution in [-0.2, 0) is 29.3 Å². The lowest BCUT2D eigenvalue weighted by molar-refractivity contribution is 0.0923. The van der Waals surface area contributed by atoms with Gasteiger partial charge in [0, 0.05) is 78.8 Å². The molecule has 2 atom stereocenters. The van der Waals surface area contributed by atoms with Crippen molar-refractivity contribution in [1.29, 1.82) is 0 Å². The molecule has 2 aromatic heterocycles. The van der Waals surface area contributed by atoms with Gasteiger partial charge in [0.1, 0.15) is 15.6 Å².